The van der Waals surface area contributed by atoms with E-state index in [4.69, 9.17) is 10.00 Å². The van der Waals surface area contributed by atoms with E-state index in [1.807, 2.05) is 30.3 Å². The summed E-state index contributed by atoms with van der Waals surface area (Å²) in [6, 6.07) is 14.2. The molecule has 0 aliphatic heterocycles. The van der Waals surface area contributed by atoms with Crippen molar-refractivity contribution in [3.8, 4) is 17.6 Å². The van der Waals surface area contributed by atoms with Gasteiger partial charge >= 0.3 is 0 Å². The molecule has 0 N–H and O–H groups in total. The Labute approximate surface area is 128 Å². The minimum Gasteiger partial charge on any atom is -0.453 e. The summed E-state index contributed by atoms with van der Waals surface area (Å²) < 4.78 is 19.7. The number of benzene rings is 2. The van der Waals surface area contributed by atoms with Gasteiger partial charge in [0.25, 0.3) is 0 Å². The highest BCUT2D eigenvalue weighted by Crippen LogP contribution is 2.32. The first kappa shape index (κ1) is 13.5. The Morgan fingerprint density at radius 2 is 2.00 bits per heavy atom. The minimum absolute atomic E-state index is 0.0398. The Morgan fingerprint density at radius 3 is 2.81 bits per heavy atom. The van der Waals surface area contributed by atoms with Crippen molar-refractivity contribution in [3.63, 3.8) is 0 Å². The highest BCUT2D eigenvalue weighted by molar-refractivity contribution is 9.10. The monoisotopic (exact) mass is 342 g/mol. The fourth-order valence-corrected chi connectivity index (χ4v) is 2.35. The Kier molecular flexibility index (Phi) is 3.55. The summed E-state index contributed by atoms with van der Waals surface area (Å²) in [4.78, 5) is 4.25. The van der Waals surface area contributed by atoms with Crippen LogP contribution in [-0.4, -0.2) is 4.98 Å². The predicted octanol–water partition coefficient (Wildman–Crippen LogP) is 4.80. The van der Waals surface area contributed by atoms with Crippen LogP contribution >= 0.6 is 15.9 Å². The van der Waals surface area contributed by atoms with Gasteiger partial charge in [-0.2, -0.15) is 5.26 Å². The van der Waals surface area contributed by atoms with Crippen molar-refractivity contribution in [2.75, 3.05) is 0 Å². The van der Waals surface area contributed by atoms with Crippen molar-refractivity contribution >= 4 is 26.8 Å². The van der Waals surface area contributed by atoms with Crippen LogP contribution in [0.2, 0.25) is 0 Å². The van der Waals surface area contributed by atoms with Gasteiger partial charge in [0.05, 0.1) is 21.7 Å². The van der Waals surface area contributed by atoms with Crippen molar-refractivity contribution in [1.29, 1.82) is 5.26 Å². The first-order valence-electron chi connectivity index (χ1n) is 6.10. The molecule has 0 aliphatic carbocycles. The van der Waals surface area contributed by atoms with Gasteiger partial charge in [0.2, 0.25) is 0 Å². The number of rotatable bonds is 2. The van der Waals surface area contributed by atoms with Crippen LogP contribution in [-0.2, 0) is 0 Å². The summed E-state index contributed by atoms with van der Waals surface area (Å²) in [5.41, 5.74) is 1.06. The second kappa shape index (κ2) is 5.51. The largest absolute Gasteiger partial charge is 0.453 e. The zero-order chi connectivity index (χ0) is 14.8. The van der Waals surface area contributed by atoms with Crippen LogP contribution in [0.25, 0.3) is 10.9 Å². The molecule has 2 aromatic carbocycles. The van der Waals surface area contributed by atoms with Crippen LogP contribution in [0.4, 0.5) is 4.39 Å². The standard InChI is InChI=1S/C16H8BrFN2O/c17-15-11(8-19)5-6-14(16(15)18)21-12-7-10-3-1-2-4-13(10)20-9-12/h1-7,9H. The highest BCUT2D eigenvalue weighted by Gasteiger charge is 2.13. The van der Waals surface area contributed by atoms with E-state index in [9.17, 15) is 4.39 Å². The van der Waals surface area contributed by atoms with E-state index < -0.39 is 5.82 Å². The molecule has 0 atom stereocenters. The molecule has 1 aromatic heterocycles. The normalized spacial score (nSPS) is 10.3. The molecule has 0 saturated heterocycles. The number of aromatic nitrogens is 1. The van der Waals surface area contributed by atoms with E-state index in [1.54, 1.807) is 6.07 Å². The molecule has 0 saturated carbocycles. The highest BCUT2D eigenvalue weighted by atomic mass is 79.9. The van der Waals surface area contributed by atoms with Crippen molar-refractivity contribution in [1.82, 2.24) is 4.98 Å². The van der Waals surface area contributed by atoms with Crippen LogP contribution in [0.15, 0.2) is 53.1 Å². The van der Waals surface area contributed by atoms with Crippen molar-refractivity contribution in [3.05, 3.63) is 64.5 Å². The maximum atomic E-state index is 14.1. The van der Waals surface area contributed by atoms with E-state index in [2.05, 4.69) is 20.9 Å². The molecule has 3 rings (SSSR count). The molecule has 0 fully saturated rings. The van der Waals surface area contributed by atoms with Gasteiger partial charge in [-0.1, -0.05) is 18.2 Å². The maximum absolute atomic E-state index is 14.1. The Morgan fingerprint density at radius 1 is 1.19 bits per heavy atom. The summed E-state index contributed by atoms with van der Waals surface area (Å²) in [7, 11) is 0. The number of para-hydroxylation sites is 1. The number of pyridine rings is 1. The first-order chi connectivity index (χ1) is 10.2. The second-order valence-electron chi connectivity index (χ2n) is 4.32. The Balaban J connectivity index is 1.99. The molecule has 1 heterocycles. The molecule has 5 heteroatoms. The van der Waals surface area contributed by atoms with Crippen LogP contribution < -0.4 is 4.74 Å². The molecule has 102 valence electrons. The van der Waals surface area contributed by atoms with Gasteiger partial charge in [0, 0.05) is 5.39 Å². The minimum atomic E-state index is -0.609. The Bertz CT molecular complexity index is 874. The van der Waals surface area contributed by atoms with Crippen molar-refractivity contribution in [2.24, 2.45) is 0 Å². The fourth-order valence-electron chi connectivity index (χ4n) is 1.93. The van der Waals surface area contributed by atoms with Gasteiger partial charge in [-0.05, 0) is 40.2 Å². The first-order valence-corrected chi connectivity index (χ1v) is 6.89. The lowest BCUT2D eigenvalue weighted by Crippen LogP contribution is -1.92. The van der Waals surface area contributed by atoms with Crippen LogP contribution in [0.1, 0.15) is 5.56 Å². The van der Waals surface area contributed by atoms with E-state index in [-0.39, 0.29) is 15.8 Å². The maximum Gasteiger partial charge on any atom is 0.181 e. The molecule has 0 amide bonds. The lowest BCUT2D eigenvalue weighted by atomic mass is 10.2. The van der Waals surface area contributed by atoms with Crippen LogP contribution in [0, 0.1) is 17.1 Å². The van der Waals surface area contributed by atoms with Crippen LogP contribution in [0.3, 0.4) is 0 Å². The molecule has 3 aromatic rings. The Hall–Kier alpha value is -2.45. The second-order valence-corrected chi connectivity index (χ2v) is 5.11. The van der Waals surface area contributed by atoms with E-state index in [1.165, 1.54) is 18.3 Å². The fraction of sp³-hybridized carbons (Fsp3) is 0. The van der Waals surface area contributed by atoms with Gasteiger partial charge in [-0.3, -0.25) is 4.98 Å². The number of nitrogens with zero attached hydrogens (tertiary/aromatic N) is 2. The third-order valence-electron chi connectivity index (χ3n) is 2.96. The van der Waals surface area contributed by atoms with Gasteiger partial charge in [-0.15, -0.1) is 0 Å². The molecule has 0 aliphatic rings. The molecule has 21 heavy (non-hydrogen) atoms. The summed E-state index contributed by atoms with van der Waals surface area (Å²) >= 11 is 3.05. The number of hydrogen-bond acceptors (Lipinski definition) is 3. The number of ether oxygens (including phenoxy) is 1. The molecule has 0 bridgehead atoms. The third-order valence-corrected chi connectivity index (χ3v) is 3.74. The molecule has 3 nitrogen and oxygen atoms in total. The number of halogens is 2. The smallest absolute Gasteiger partial charge is 0.181 e. The summed E-state index contributed by atoms with van der Waals surface area (Å²) in [6.45, 7) is 0. The third kappa shape index (κ3) is 2.58. The van der Waals surface area contributed by atoms with Gasteiger partial charge in [0.15, 0.2) is 11.6 Å². The molecule has 0 radical (unpaired) electrons. The number of hydrogen-bond donors (Lipinski definition) is 0. The predicted molar refractivity (Wildman–Crippen MR) is 80.6 cm³/mol. The molecular formula is C16H8BrFN2O. The molecule has 0 unspecified atom stereocenters. The van der Waals surface area contributed by atoms with Gasteiger partial charge in [0.1, 0.15) is 11.8 Å². The topological polar surface area (TPSA) is 45.9 Å². The lowest BCUT2D eigenvalue weighted by Gasteiger charge is -2.09. The van der Waals surface area contributed by atoms with Crippen molar-refractivity contribution in [2.45, 2.75) is 0 Å². The zero-order valence-corrected chi connectivity index (χ0v) is 12.3. The van der Waals surface area contributed by atoms with Crippen molar-refractivity contribution < 1.29 is 9.13 Å². The van der Waals surface area contributed by atoms with E-state index in [0.717, 1.165) is 10.9 Å². The zero-order valence-electron chi connectivity index (χ0n) is 10.7. The quantitative estimate of drug-likeness (QED) is 0.671. The average molecular weight is 343 g/mol. The van der Waals surface area contributed by atoms with Crippen LogP contribution in [0.5, 0.6) is 11.5 Å². The lowest BCUT2D eigenvalue weighted by molar-refractivity contribution is 0.439. The van der Waals surface area contributed by atoms with E-state index >= 15 is 0 Å². The summed E-state index contributed by atoms with van der Waals surface area (Å²) in [5, 5.41) is 9.75. The molecular weight excluding hydrogens is 335 g/mol. The number of nitriles is 1. The SMILES string of the molecule is N#Cc1ccc(Oc2cnc3ccccc3c2)c(F)c1Br. The van der Waals surface area contributed by atoms with Gasteiger partial charge in [-0.25, -0.2) is 4.39 Å². The summed E-state index contributed by atoms with van der Waals surface area (Å²) in [6.07, 6.45) is 1.54. The summed E-state index contributed by atoms with van der Waals surface area (Å²) in [5.74, 6) is -0.135. The number of fused-ring (bicyclic) bond motifs is 1. The van der Waals surface area contributed by atoms with Gasteiger partial charge < -0.3 is 4.74 Å². The average Bonchev–Trinajstić information content (AvgIpc) is 2.52. The van der Waals surface area contributed by atoms with E-state index in [0.29, 0.717) is 5.75 Å². The molecule has 0 spiro atoms.